The van der Waals surface area contributed by atoms with Gasteiger partial charge in [-0.25, -0.2) is 4.79 Å². The molecule has 0 fully saturated rings. The van der Waals surface area contributed by atoms with E-state index in [-0.39, 0.29) is 5.41 Å². The lowest BCUT2D eigenvalue weighted by molar-refractivity contribution is -0.131. The molecule has 1 rings (SSSR count). The fourth-order valence-corrected chi connectivity index (χ4v) is 1.85. The second kappa shape index (κ2) is 5.78. The van der Waals surface area contributed by atoms with Crippen molar-refractivity contribution in [1.29, 1.82) is 0 Å². The monoisotopic (exact) mass is 264 g/mol. The van der Waals surface area contributed by atoms with Gasteiger partial charge in [0.2, 0.25) is 0 Å². The summed E-state index contributed by atoms with van der Waals surface area (Å²) in [4.78, 5) is 11.0. The summed E-state index contributed by atoms with van der Waals surface area (Å²) in [6.45, 7) is 5.88. The van der Waals surface area contributed by atoms with Crippen molar-refractivity contribution in [1.82, 2.24) is 0 Å². The standard InChI is InChI=1S/C15H20O4/c1-15(2,3)12(9-14(16)17)11-8-10(18-4)6-7-13(11)19-5/h6-9H,1-5H3,(H,16,17)/b12-9-. The Balaban J connectivity index is 3.49. The molecular weight excluding hydrogens is 244 g/mol. The number of hydrogen-bond acceptors (Lipinski definition) is 3. The van der Waals surface area contributed by atoms with E-state index in [0.29, 0.717) is 17.1 Å². The fourth-order valence-electron chi connectivity index (χ4n) is 1.85. The van der Waals surface area contributed by atoms with E-state index in [0.717, 1.165) is 5.56 Å². The SMILES string of the molecule is COc1ccc(OC)c(/C(=C/C(=O)O)C(C)(C)C)c1. The second-order valence-corrected chi connectivity index (χ2v) is 5.21. The Labute approximate surface area is 113 Å². The predicted molar refractivity (Wildman–Crippen MR) is 74.6 cm³/mol. The summed E-state index contributed by atoms with van der Waals surface area (Å²) in [5, 5.41) is 9.05. The van der Waals surface area contributed by atoms with E-state index in [1.165, 1.54) is 6.08 Å². The van der Waals surface area contributed by atoms with Crippen molar-refractivity contribution in [3.63, 3.8) is 0 Å². The van der Waals surface area contributed by atoms with E-state index < -0.39 is 5.97 Å². The van der Waals surface area contributed by atoms with Crippen LogP contribution in [0.1, 0.15) is 26.3 Å². The van der Waals surface area contributed by atoms with E-state index >= 15 is 0 Å². The van der Waals surface area contributed by atoms with Gasteiger partial charge < -0.3 is 14.6 Å². The van der Waals surface area contributed by atoms with E-state index in [4.69, 9.17) is 14.6 Å². The highest BCUT2D eigenvalue weighted by molar-refractivity contribution is 5.92. The first-order chi connectivity index (χ1) is 8.79. The quantitative estimate of drug-likeness (QED) is 0.848. The number of carbonyl (C=O) groups is 1. The minimum atomic E-state index is -0.977. The van der Waals surface area contributed by atoms with Gasteiger partial charge in [0.05, 0.1) is 14.2 Å². The molecule has 19 heavy (non-hydrogen) atoms. The molecule has 104 valence electrons. The summed E-state index contributed by atoms with van der Waals surface area (Å²) < 4.78 is 10.5. The first kappa shape index (κ1) is 15.1. The average Bonchev–Trinajstić information content (AvgIpc) is 2.33. The Morgan fingerprint density at radius 2 is 1.84 bits per heavy atom. The third-order valence-electron chi connectivity index (χ3n) is 2.77. The topological polar surface area (TPSA) is 55.8 Å². The van der Waals surface area contributed by atoms with Crippen LogP contribution in [0.5, 0.6) is 11.5 Å². The summed E-state index contributed by atoms with van der Waals surface area (Å²) in [5.74, 6) is 0.314. The van der Waals surface area contributed by atoms with Crippen LogP contribution >= 0.6 is 0 Å². The molecule has 1 N–H and O–H groups in total. The molecule has 0 saturated heterocycles. The van der Waals surface area contributed by atoms with Crippen LogP contribution in [0.25, 0.3) is 5.57 Å². The van der Waals surface area contributed by atoms with E-state index in [9.17, 15) is 4.79 Å². The van der Waals surface area contributed by atoms with Crippen LogP contribution in [-0.4, -0.2) is 25.3 Å². The van der Waals surface area contributed by atoms with Gasteiger partial charge in [-0.3, -0.25) is 0 Å². The summed E-state index contributed by atoms with van der Waals surface area (Å²) in [6, 6.07) is 5.35. The maximum absolute atomic E-state index is 11.0. The summed E-state index contributed by atoms with van der Waals surface area (Å²) in [7, 11) is 3.13. The number of benzene rings is 1. The molecule has 1 aromatic carbocycles. The zero-order valence-electron chi connectivity index (χ0n) is 12.0. The number of aliphatic carboxylic acids is 1. The van der Waals surface area contributed by atoms with Crippen LogP contribution in [0.3, 0.4) is 0 Å². The molecule has 0 aliphatic carbocycles. The molecular formula is C15H20O4. The Kier molecular flexibility index (Phi) is 4.59. The lowest BCUT2D eigenvalue weighted by atomic mass is 9.81. The number of hydrogen-bond donors (Lipinski definition) is 1. The van der Waals surface area contributed by atoms with Crippen molar-refractivity contribution >= 4 is 11.5 Å². The molecule has 0 unspecified atom stereocenters. The van der Waals surface area contributed by atoms with Gasteiger partial charge in [-0.15, -0.1) is 0 Å². The van der Waals surface area contributed by atoms with Gasteiger partial charge in [0.15, 0.2) is 0 Å². The fraction of sp³-hybridized carbons (Fsp3) is 0.400. The van der Waals surface area contributed by atoms with Crippen LogP contribution in [0, 0.1) is 5.41 Å². The van der Waals surface area contributed by atoms with E-state index in [1.54, 1.807) is 32.4 Å². The normalized spacial score (nSPS) is 12.2. The largest absolute Gasteiger partial charge is 0.497 e. The zero-order chi connectivity index (χ0) is 14.6. The second-order valence-electron chi connectivity index (χ2n) is 5.21. The van der Waals surface area contributed by atoms with Crippen LogP contribution in [0.4, 0.5) is 0 Å². The number of carboxylic acid groups (broad SMARTS) is 1. The average molecular weight is 264 g/mol. The maximum Gasteiger partial charge on any atom is 0.328 e. The van der Waals surface area contributed by atoms with Gasteiger partial charge in [0.1, 0.15) is 11.5 Å². The first-order valence-corrected chi connectivity index (χ1v) is 5.97. The summed E-state index contributed by atoms with van der Waals surface area (Å²) >= 11 is 0. The molecule has 0 amide bonds. The molecule has 4 heteroatoms. The molecule has 0 aliphatic heterocycles. The number of allylic oxidation sites excluding steroid dienone is 1. The molecule has 0 atom stereocenters. The van der Waals surface area contributed by atoms with Crippen molar-refractivity contribution in [3.8, 4) is 11.5 Å². The predicted octanol–water partition coefficient (Wildman–Crippen LogP) is 3.22. The van der Waals surface area contributed by atoms with Crippen LogP contribution < -0.4 is 9.47 Å². The Morgan fingerprint density at radius 3 is 2.26 bits per heavy atom. The smallest absolute Gasteiger partial charge is 0.328 e. The molecule has 0 aliphatic rings. The lowest BCUT2D eigenvalue weighted by Gasteiger charge is -2.24. The van der Waals surface area contributed by atoms with Crippen molar-refractivity contribution in [2.45, 2.75) is 20.8 Å². The molecule has 0 saturated carbocycles. The van der Waals surface area contributed by atoms with Gasteiger partial charge in [-0.05, 0) is 29.2 Å². The minimum absolute atomic E-state index is 0.321. The first-order valence-electron chi connectivity index (χ1n) is 5.97. The zero-order valence-corrected chi connectivity index (χ0v) is 12.0. The van der Waals surface area contributed by atoms with Crippen LogP contribution in [0.2, 0.25) is 0 Å². The van der Waals surface area contributed by atoms with Crippen molar-refractivity contribution in [2.24, 2.45) is 5.41 Å². The minimum Gasteiger partial charge on any atom is -0.497 e. The Morgan fingerprint density at radius 1 is 1.21 bits per heavy atom. The molecule has 0 radical (unpaired) electrons. The molecule has 4 nitrogen and oxygen atoms in total. The van der Waals surface area contributed by atoms with E-state index in [2.05, 4.69) is 0 Å². The highest BCUT2D eigenvalue weighted by atomic mass is 16.5. The molecule has 0 spiro atoms. The lowest BCUT2D eigenvalue weighted by Crippen LogP contribution is -2.11. The molecule has 0 aromatic heterocycles. The molecule has 1 aromatic rings. The van der Waals surface area contributed by atoms with Gasteiger partial charge in [-0.2, -0.15) is 0 Å². The van der Waals surface area contributed by atoms with Crippen LogP contribution in [0.15, 0.2) is 24.3 Å². The van der Waals surface area contributed by atoms with Gasteiger partial charge in [0, 0.05) is 11.6 Å². The number of methoxy groups -OCH3 is 2. The van der Waals surface area contributed by atoms with Crippen molar-refractivity contribution in [3.05, 3.63) is 29.8 Å². The summed E-state index contributed by atoms with van der Waals surface area (Å²) in [6.07, 6.45) is 1.22. The Hall–Kier alpha value is -1.97. The van der Waals surface area contributed by atoms with Gasteiger partial charge in [-0.1, -0.05) is 20.8 Å². The van der Waals surface area contributed by atoms with Crippen LogP contribution in [-0.2, 0) is 4.79 Å². The number of ether oxygens (including phenoxy) is 2. The number of rotatable bonds is 4. The molecule has 0 heterocycles. The highest BCUT2D eigenvalue weighted by Gasteiger charge is 2.23. The van der Waals surface area contributed by atoms with Crippen molar-refractivity contribution < 1.29 is 19.4 Å². The van der Waals surface area contributed by atoms with Gasteiger partial charge >= 0.3 is 5.97 Å². The Bertz CT molecular complexity index is 495. The summed E-state index contributed by atoms with van der Waals surface area (Å²) in [5.41, 5.74) is 1.10. The van der Waals surface area contributed by atoms with Crippen molar-refractivity contribution in [2.75, 3.05) is 14.2 Å². The maximum atomic E-state index is 11.0. The van der Waals surface area contributed by atoms with E-state index in [1.807, 2.05) is 20.8 Å². The van der Waals surface area contributed by atoms with Gasteiger partial charge in [0.25, 0.3) is 0 Å². The number of carboxylic acids is 1. The third-order valence-corrected chi connectivity index (χ3v) is 2.77. The highest BCUT2D eigenvalue weighted by Crippen LogP contribution is 2.40. The third kappa shape index (κ3) is 3.74. The molecule has 0 bridgehead atoms.